The molecule has 4 nitrogen and oxygen atoms in total. The summed E-state index contributed by atoms with van der Waals surface area (Å²) >= 11 is 0. The highest BCUT2D eigenvalue weighted by molar-refractivity contribution is 5.84. The van der Waals surface area contributed by atoms with E-state index in [1.54, 1.807) is 12.3 Å². The van der Waals surface area contributed by atoms with Crippen LogP contribution in [0, 0.1) is 0 Å². The molecule has 16 heavy (non-hydrogen) atoms. The highest BCUT2D eigenvalue weighted by atomic mass is 16.5. The number of nitrogens with one attached hydrogen (secondary N) is 1. The lowest BCUT2D eigenvalue weighted by atomic mass is 10.2. The van der Waals surface area contributed by atoms with E-state index in [-0.39, 0.29) is 5.91 Å². The van der Waals surface area contributed by atoms with E-state index in [9.17, 15) is 4.79 Å². The summed E-state index contributed by atoms with van der Waals surface area (Å²) in [6, 6.07) is 7.42. The van der Waals surface area contributed by atoms with Crippen LogP contribution in [0.5, 0.6) is 5.75 Å². The fourth-order valence-electron chi connectivity index (χ4n) is 1.06. The van der Waals surface area contributed by atoms with Gasteiger partial charge in [-0.05, 0) is 12.1 Å². The van der Waals surface area contributed by atoms with Gasteiger partial charge in [0.2, 0.25) is 5.91 Å². The molecule has 0 aliphatic carbocycles. The van der Waals surface area contributed by atoms with Crippen molar-refractivity contribution in [2.45, 2.75) is 6.92 Å². The van der Waals surface area contributed by atoms with Crippen LogP contribution in [-0.4, -0.2) is 18.7 Å². The summed E-state index contributed by atoms with van der Waals surface area (Å²) in [5, 5.41) is 3.78. The number of hydrazone groups is 1. The van der Waals surface area contributed by atoms with Gasteiger partial charge in [-0.15, -0.1) is 0 Å². The Hall–Kier alpha value is -2.10. The second kappa shape index (κ2) is 6.40. The largest absolute Gasteiger partial charge is 0.489 e. The Morgan fingerprint density at radius 2 is 2.31 bits per heavy atom. The van der Waals surface area contributed by atoms with Crippen molar-refractivity contribution in [2.75, 3.05) is 6.61 Å². The number of amides is 1. The first-order valence-corrected chi connectivity index (χ1v) is 4.86. The summed E-state index contributed by atoms with van der Waals surface area (Å²) in [5.74, 6) is 0.497. The molecular formula is C12H14N2O2. The van der Waals surface area contributed by atoms with Gasteiger partial charge in [-0.25, -0.2) is 5.43 Å². The van der Waals surface area contributed by atoms with Crippen LogP contribution in [-0.2, 0) is 4.79 Å². The van der Waals surface area contributed by atoms with Crippen molar-refractivity contribution in [2.24, 2.45) is 5.10 Å². The molecule has 1 rings (SSSR count). The summed E-state index contributed by atoms with van der Waals surface area (Å²) in [6.07, 6.45) is 3.21. The topological polar surface area (TPSA) is 50.7 Å². The van der Waals surface area contributed by atoms with E-state index < -0.39 is 0 Å². The molecule has 0 saturated carbocycles. The van der Waals surface area contributed by atoms with Crippen LogP contribution in [0.3, 0.4) is 0 Å². The lowest BCUT2D eigenvalue weighted by molar-refractivity contribution is -0.118. The maximum absolute atomic E-state index is 10.6. The molecule has 0 atom stereocenters. The van der Waals surface area contributed by atoms with E-state index in [0.717, 1.165) is 5.56 Å². The monoisotopic (exact) mass is 218 g/mol. The predicted molar refractivity (Wildman–Crippen MR) is 63.5 cm³/mol. The third kappa shape index (κ3) is 3.96. The van der Waals surface area contributed by atoms with Crippen molar-refractivity contribution in [1.29, 1.82) is 0 Å². The highest BCUT2D eigenvalue weighted by Gasteiger charge is 1.98. The molecule has 84 valence electrons. The van der Waals surface area contributed by atoms with E-state index in [0.29, 0.717) is 12.4 Å². The fourth-order valence-corrected chi connectivity index (χ4v) is 1.06. The zero-order valence-corrected chi connectivity index (χ0v) is 9.14. The van der Waals surface area contributed by atoms with Crippen LogP contribution >= 0.6 is 0 Å². The van der Waals surface area contributed by atoms with Crippen LogP contribution in [0.25, 0.3) is 0 Å². The molecule has 0 aliphatic heterocycles. The van der Waals surface area contributed by atoms with Gasteiger partial charge in [0, 0.05) is 12.5 Å². The first-order valence-electron chi connectivity index (χ1n) is 4.86. The smallest absolute Gasteiger partial charge is 0.236 e. The maximum Gasteiger partial charge on any atom is 0.236 e. The molecule has 1 aromatic carbocycles. The summed E-state index contributed by atoms with van der Waals surface area (Å²) in [4.78, 5) is 10.6. The second-order valence-electron chi connectivity index (χ2n) is 3.06. The normalized spacial score (nSPS) is 10.1. The van der Waals surface area contributed by atoms with Crippen molar-refractivity contribution >= 4 is 12.1 Å². The van der Waals surface area contributed by atoms with E-state index in [4.69, 9.17) is 4.74 Å². The molecule has 4 heteroatoms. The second-order valence-corrected chi connectivity index (χ2v) is 3.06. The molecule has 0 aromatic heterocycles. The van der Waals surface area contributed by atoms with Gasteiger partial charge in [-0.1, -0.05) is 24.8 Å². The average Bonchev–Trinajstić information content (AvgIpc) is 2.27. The fraction of sp³-hybridized carbons (Fsp3) is 0.167. The van der Waals surface area contributed by atoms with Gasteiger partial charge < -0.3 is 4.74 Å². The number of carbonyl (C=O) groups is 1. The first-order chi connectivity index (χ1) is 7.74. The molecule has 1 aromatic rings. The van der Waals surface area contributed by atoms with Crippen LogP contribution in [0.15, 0.2) is 42.0 Å². The lowest BCUT2D eigenvalue weighted by Crippen LogP contribution is -2.12. The molecular weight excluding hydrogens is 204 g/mol. The molecule has 0 aliphatic rings. The van der Waals surface area contributed by atoms with Gasteiger partial charge in [0.25, 0.3) is 0 Å². The number of rotatable bonds is 5. The number of carbonyl (C=O) groups excluding carboxylic acids is 1. The Kier molecular flexibility index (Phi) is 4.79. The Morgan fingerprint density at radius 1 is 1.56 bits per heavy atom. The van der Waals surface area contributed by atoms with E-state index in [2.05, 4.69) is 17.1 Å². The van der Waals surface area contributed by atoms with Crippen LogP contribution in [0.4, 0.5) is 0 Å². The summed E-state index contributed by atoms with van der Waals surface area (Å²) in [5.41, 5.74) is 3.14. The lowest BCUT2D eigenvalue weighted by Gasteiger charge is -2.05. The van der Waals surface area contributed by atoms with Gasteiger partial charge in [0.05, 0.1) is 6.21 Å². The maximum atomic E-state index is 10.6. The van der Waals surface area contributed by atoms with E-state index >= 15 is 0 Å². The third-order valence-corrected chi connectivity index (χ3v) is 1.70. The standard InChI is InChI=1S/C12H14N2O2/c1-3-8-16-12-7-5-4-6-11(12)9-13-14-10(2)15/h3-7,9H,1,8H2,2H3,(H,14,15). The van der Waals surface area contributed by atoms with Crippen molar-refractivity contribution in [3.05, 3.63) is 42.5 Å². The molecule has 0 fully saturated rings. The molecule has 0 radical (unpaired) electrons. The molecule has 0 unspecified atom stereocenters. The summed E-state index contributed by atoms with van der Waals surface area (Å²) in [6.45, 7) is 5.41. The zero-order chi connectivity index (χ0) is 11.8. The van der Waals surface area contributed by atoms with Gasteiger partial charge in [-0.3, -0.25) is 4.79 Å². The molecule has 0 spiro atoms. The molecule has 0 saturated heterocycles. The minimum atomic E-state index is -0.208. The van der Waals surface area contributed by atoms with Gasteiger partial charge in [0.15, 0.2) is 0 Å². The van der Waals surface area contributed by atoms with E-state index in [1.807, 2.05) is 24.3 Å². The van der Waals surface area contributed by atoms with Gasteiger partial charge in [-0.2, -0.15) is 5.10 Å². The highest BCUT2D eigenvalue weighted by Crippen LogP contribution is 2.15. The Balaban J connectivity index is 2.73. The Morgan fingerprint density at radius 3 is 3.00 bits per heavy atom. The molecule has 0 heterocycles. The van der Waals surface area contributed by atoms with Crippen molar-refractivity contribution in [3.8, 4) is 5.75 Å². The van der Waals surface area contributed by atoms with Gasteiger partial charge >= 0.3 is 0 Å². The number of hydrogen-bond acceptors (Lipinski definition) is 3. The molecule has 1 amide bonds. The minimum absolute atomic E-state index is 0.208. The molecule has 0 bridgehead atoms. The average molecular weight is 218 g/mol. The SMILES string of the molecule is C=CCOc1ccccc1C=NNC(C)=O. The van der Waals surface area contributed by atoms with Crippen LogP contribution in [0.2, 0.25) is 0 Å². The Labute approximate surface area is 94.6 Å². The van der Waals surface area contributed by atoms with E-state index in [1.165, 1.54) is 6.92 Å². The third-order valence-electron chi connectivity index (χ3n) is 1.70. The van der Waals surface area contributed by atoms with Crippen LogP contribution in [0.1, 0.15) is 12.5 Å². The number of hydrogen-bond donors (Lipinski definition) is 1. The summed E-state index contributed by atoms with van der Waals surface area (Å²) < 4.78 is 5.42. The van der Waals surface area contributed by atoms with Crippen molar-refractivity contribution in [3.63, 3.8) is 0 Å². The van der Waals surface area contributed by atoms with Gasteiger partial charge in [0.1, 0.15) is 12.4 Å². The number of para-hydroxylation sites is 1. The molecule has 1 N–H and O–H groups in total. The number of ether oxygens (including phenoxy) is 1. The minimum Gasteiger partial charge on any atom is -0.489 e. The number of benzene rings is 1. The van der Waals surface area contributed by atoms with Crippen LogP contribution < -0.4 is 10.2 Å². The number of nitrogens with zero attached hydrogens (tertiary/aromatic N) is 1. The predicted octanol–water partition coefficient (Wildman–Crippen LogP) is 1.72. The quantitative estimate of drug-likeness (QED) is 0.465. The van der Waals surface area contributed by atoms with Crippen molar-refractivity contribution in [1.82, 2.24) is 5.43 Å². The first kappa shape index (κ1) is 12.0. The zero-order valence-electron chi connectivity index (χ0n) is 9.14. The van der Waals surface area contributed by atoms with Crippen molar-refractivity contribution < 1.29 is 9.53 Å². The summed E-state index contributed by atoms with van der Waals surface area (Å²) in [7, 11) is 0. The Bertz CT molecular complexity index is 400.